The van der Waals surface area contributed by atoms with Crippen LogP contribution >= 0.6 is 0 Å². The van der Waals surface area contributed by atoms with Gasteiger partial charge in [-0.15, -0.1) is 0 Å². The monoisotopic (exact) mass is 1700 g/mol. The smallest absolute Gasteiger partial charge is 0.248 e. The quantitative estimate of drug-likeness (QED) is 0.0277. The average molecular weight is 1700 g/mol. The maximum Gasteiger partial charge on any atom is 0.248 e. The highest BCUT2D eigenvalue weighted by Crippen LogP contribution is 2.24. The summed E-state index contributed by atoms with van der Waals surface area (Å²) >= 11 is 0. The molecule has 0 aliphatic carbocycles. The minimum atomic E-state index is -1.89. The topological polar surface area (TPSA) is 621 Å². The number of carbonyl (C=O) groups excluding carboxylic acids is 20. The number of nitrogens with two attached hydrogens (primary N) is 2. The van der Waals surface area contributed by atoms with Crippen molar-refractivity contribution < 1.29 is 101 Å². The molecule has 1 heterocycles. The van der Waals surface area contributed by atoms with E-state index in [0.717, 1.165) is 0 Å². The van der Waals surface area contributed by atoms with E-state index < -0.39 is 249 Å². The first-order chi connectivity index (χ1) is 54.6. The largest absolute Gasteiger partial charge is 0.394 e. The van der Waals surface area contributed by atoms with Gasteiger partial charge >= 0.3 is 0 Å². The van der Waals surface area contributed by atoms with E-state index in [4.69, 9.17) is 11.5 Å². The highest BCUT2D eigenvalue weighted by atomic mass is 16.3. The van der Waals surface area contributed by atoms with E-state index in [1.54, 1.807) is 41.5 Å². The lowest BCUT2D eigenvalue weighted by molar-refractivity contribution is -0.145. The van der Waals surface area contributed by atoms with Gasteiger partial charge in [0, 0.05) is 26.3 Å². The van der Waals surface area contributed by atoms with Gasteiger partial charge in [0.05, 0.1) is 25.7 Å². The summed E-state index contributed by atoms with van der Waals surface area (Å²) in [5.41, 5.74) is -3.09. The molecule has 20 amide bonds. The van der Waals surface area contributed by atoms with Crippen LogP contribution in [-0.4, -0.2) is 247 Å². The second-order valence-electron chi connectivity index (χ2n) is 36.6. The summed E-state index contributed by atoms with van der Waals surface area (Å²) in [7, 11) is 0. The van der Waals surface area contributed by atoms with Crippen molar-refractivity contribution >= 4 is 118 Å². The average Bonchev–Trinajstić information content (AvgIpc) is 1.55. The van der Waals surface area contributed by atoms with Gasteiger partial charge in [0.15, 0.2) is 0 Å². The van der Waals surface area contributed by atoms with Gasteiger partial charge in [0.2, 0.25) is 118 Å². The Morgan fingerprint density at radius 3 is 1.13 bits per heavy atom. The van der Waals surface area contributed by atoms with E-state index in [1.165, 1.54) is 130 Å². The summed E-state index contributed by atoms with van der Waals surface area (Å²) in [6.45, 7) is 36.3. The number of nitrogens with one attached hydrogen (secondary N) is 17. The molecule has 8 atom stereocenters. The van der Waals surface area contributed by atoms with Gasteiger partial charge in [-0.05, 0) is 186 Å². The lowest BCUT2D eigenvalue weighted by atomic mass is 9.96. The van der Waals surface area contributed by atoms with Gasteiger partial charge < -0.3 is 112 Å². The van der Waals surface area contributed by atoms with E-state index in [9.17, 15) is 101 Å². The summed E-state index contributed by atoms with van der Waals surface area (Å²) in [6.07, 6.45) is -0.329. The number of hydrogen-bond acceptors (Lipinski definition) is 21. The maximum atomic E-state index is 14.5. The predicted octanol–water partition coefficient (Wildman–Crippen LogP) is -3.88. The fourth-order valence-corrected chi connectivity index (χ4v) is 12.1. The third-order valence-corrected chi connectivity index (χ3v) is 19.3. The third kappa shape index (κ3) is 35.3. The number of hydrogen-bond donors (Lipinski definition) is 20. The van der Waals surface area contributed by atoms with E-state index in [0.29, 0.717) is 12.8 Å². The van der Waals surface area contributed by atoms with Crippen LogP contribution in [0.2, 0.25) is 0 Å². The van der Waals surface area contributed by atoms with Gasteiger partial charge in [0.25, 0.3) is 0 Å². The van der Waals surface area contributed by atoms with Crippen LogP contribution < -0.4 is 102 Å². The molecule has 0 aromatic carbocycles. The Bertz CT molecular complexity index is 3770. The first-order valence-corrected chi connectivity index (χ1v) is 40.3. The Balaban J connectivity index is 3.19. The van der Waals surface area contributed by atoms with Crippen molar-refractivity contribution in [2.45, 2.75) is 330 Å². The summed E-state index contributed by atoms with van der Waals surface area (Å²) in [4.78, 5) is 271. The van der Waals surface area contributed by atoms with E-state index >= 15 is 0 Å². The first-order valence-electron chi connectivity index (χ1n) is 40.3. The Morgan fingerprint density at radius 2 is 0.725 bits per heavy atom. The van der Waals surface area contributed by atoms with E-state index in [1.807, 2.05) is 13.8 Å². The molecular formula is C79H138N20O21. The molecular weight excluding hydrogens is 1560 g/mol. The highest BCUT2D eigenvalue weighted by molar-refractivity contribution is 6.04. The lowest BCUT2D eigenvalue weighted by Crippen LogP contribution is -2.66. The SMILES string of the molecule is CC(=O)NC(C)(C)C(=O)NCC(=O)N[C@@H](C)C(=O)NC(C)(C)C(=O)NC(C)(C)C(=O)N[C@@H](CCC(N)=O)C(=O)NC(C)(C)C(=O)N[C@H](C(=O)NC(C)(C)C(=O)NCC(=O)N[C@@H](CC(C)C)C(=O)NC(C)(C)C(=O)N1CCC[C@H]1C(=O)N[C@@H](CC(C)C)C(=O)NC(C)(C)C(=O)NC(C)(C)C(=O)N[C@@H](CCC(N)=O)C(=O)N[C@H](CO)CC(C)C)C(C)C. The summed E-state index contributed by atoms with van der Waals surface area (Å²) in [5.74, 6) is -17.3. The Morgan fingerprint density at radius 1 is 0.375 bits per heavy atom. The van der Waals surface area contributed by atoms with Crippen LogP contribution in [0.4, 0.5) is 0 Å². The molecule has 0 aromatic rings. The van der Waals surface area contributed by atoms with Gasteiger partial charge in [0.1, 0.15) is 86.6 Å². The Kier molecular flexibility index (Phi) is 40.4. The van der Waals surface area contributed by atoms with Crippen LogP contribution in [0.25, 0.3) is 0 Å². The van der Waals surface area contributed by atoms with E-state index in [-0.39, 0.29) is 56.4 Å². The van der Waals surface area contributed by atoms with Crippen LogP contribution in [0.3, 0.4) is 0 Å². The number of primary amides is 2. The second kappa shape index (κ2) is 45.1. The molecule has 22 N–H and O–H groups in total. The second-order valence-corrected chi connectivity index (χ2v) is 36.6. The van der Waals surface area contributed by atoms with Crippen molar-refractivity contribution in [3.8, 4) is 0 Å². The zero-order chi connectivity index (χ0) is 93.3. The van der Waals surface area contributed by atoms with Crippen molar-refractivity contribution in [1.29, 1.82) is 0 Å². The minimum Gasteiger partial charge on any atom is -0.394 e. The molecule has 41 heteroatoms. The number of rotatable bonds is 48. The molecule has 0 unspecified atom stereocenters. The van der Waals surface area contributed by atoms with Gasteiger partial charge in [-0.3, -0.25) is 95.9 Å². The molecule has 0 bridgehead atoms. The Labute approximate surface area is 703 Å². The van der Waals surface area contributed by atoms with Crippen molar-refractivity contribution in [3.63, 3.8) is 0 Å². The first kappa shape index (κ1) is 107. The molecule has 1 aliphatic rings. The van der Waals surface area contributed by atoms with Crippen LogP contribution in [-0.2, 0) is 95.9 Å². The zero-order valence-corrected chi connectivity index (χ0v) is 74.8. The minimum absolute atomic E-state index is 0.0336. The predicted molar refractivity (Wildman–Crippen MR) is 441 cm³/mol. The summed E-state index contributed by atoms with van der Waals surface area (Å²) in [5, 5.41) is 53.1. The molecule has 0 saturated carbocycles. The third-order valence-electron chi connectivity index (χ3n) is 19.3. The summed E-state index contributed by atoms with van der Waals surface area (Å²) < 4.78 is 0. The summed E-state index contributed by atoms with van der Waals surface area (Å²) in [6, 6.07) is -9.89. The number of carbonyl (C=O) groups is 20. The van der Waals surface area contributed by atoms with Crippen molar-refractivity contribution in [2.75, 3.05) is 26.2 Å². The lowest BCUT2D eigenvalue weighted by Gasteiger charge is -2.35. The number of aliphatic hydroxyl groups excluding tert-OH is 1. The molecule has 0 spiro atoms. The van der Waals surface area contributed by atoms with Crippen LogP contribution in [0, 0.1) is 23.7 Å². The van der Waals surface area contributed by atoms with E-state index in [2.05, 4.69) is 90.4 Å². The van der Waals surface area contributed by atoms with Crippen LogP contribution in [0.5, 0.6) is 0 Å². The molecule has 0 aromatic heterocycles. The number of aliphatic hydroxyl groups is 1. The Hall–Kier alpha value is -10.6. The molecule has 0 radical (unpaired) electrons. The molecule has 1 rings (SSSR count). The highest BCUT2D eigenvalue weighted by Gasteiger charge is 2.47. The van der Waals surface area contributed by atoms with Crippen LogP contribution in [0.15, 0.2) is 0 Å². The number of nitrogens with zero attached hydrogens (tertiary/aromatic N) is 1. The van der Waals surface area contributed by atoms with Crippen molar-refractivity contribution in [1.82, 2.24) is 95.3 Å². The molecule has 1 fully saturated rings. The molecule has 41 nitrogen and oxygen atoms in total. The number of likely N-dealkylation sites (tertiary alicyclic amines) is 1. The fourth-order valence-electron chi connectivity index (χ4n) is 12.1. The molecule has 680 valence electrons. The number of amides is 20. The normalized spacial score (nSPS) is 15.2. The van der Waals surface area contributed by atoms with Gasteiger partial charge in [-0.2, -0.15) is 0 Å². The van der Waals surface area contributed by atoms with Gasteiger partial charge in [-0.25, -0.2) is 0 Å². The fraction of sp³-hybridized carbons (Fsp3) is 0.747. The molecule has 1 aliphatic heterocycles. The maximum absolute atomic E-state index is 14.5. The van der Waals surface area contributed by atoms with Gasteiger partial charge in [-0.1, -0.05) is 55.4 Å². The van der Waals surface area contributed by atoms with Crippen molar-refractivity contribution in [3.05, 3.63) is 0 Å². The standard InChI is InChI=1S/C79H138N20O21/c1-40(2)34-46(39-100)85-58(107)47(29-31-52(80)102)88-66(115)75(17,18)98-70(119)78(23,24)94-61(110)50(36-42(5)6)87-62(111)51-28-27-33-99(51)71(120)79(25,26)95-60(109)49(35-41(3)4)86-55(105)38-83-65(114)73(13,14)96-63(112)56(43(7)8)90-68(117)74(15,16)93-59(108)48(30-32-53(81)103)89-67(116)76(19,20)97-69(118)77(21,22)92-57(106)44(9)84-54(104)37-82-64(113)72(11,12)91-45(10)101/h40-44,46-51,56,100H,27-39H2,1-26H3,(H2,80,102)(H2,81,103)(H,82,113)(H,83,114)(H,84,104)(H,85,107)(H,86,105)(H,87,111)(H,88,115)(H,89,116)(H,90,117)(H,91,101)(H,92,106)(H,93,108)(H,94,110)(H,95,109)(H,96,112)(H,97,118)(H,98,119)/t44-,46-,47-,48-,49-,50-,51-,56-/m0/s1. The van der Waals surface area contributed by atoms with Crippen molar-refractivity contribution in [2.24, 2.45) is 35.1 Å². The molecule has 1 saturated heterocycles. The zero-order valence-electron chi connectivity index (χ0n) is 74.8. The van der Waals surface area contributed by atoms with Crippen LogP contribution in [0.1, 0.15) is 238 Å². The molecule has 120 heavy (non-hydrogen) atoms.